The number of benzene rings is 1. The summed E-state index contributed by atoms with van der Waals surface area (Å²) in [5.41, 5.74) is 1.77. The maximum absolute atomic E-state index is 9.96. The van der Waals surface area contributed by atoms with Crippen molar-refractivity contribution in [2.45, 2.75) is 0 Å². The van der Waals surface area contributed by atoms with Crippen molar-refractivity contribution in [1.82, 2.24) is 4.98 Å². The molecular weight excluding hydrogens is 173 g/mol. The normalized spacial score (nSPS) is 9.79. The number of hydrogen-bond donors (Lipinski definition) is 1. The maximum Gasteiger partial charge on any atom is 0.359 e. The van der Waals surface area contributed by atoms with Crippen LogP contribution < -0.4 is 10.9 Å². The minimum absolute atomic E-state index is 0.556. The van der Waals surface area contributed by atoms with Gasteiger partial charge in [0.25, 0.3) is 0 Å². The number of rotatable bonds is 2. The number of hydrogen-bond acceptors (Lipinski definition) is 2. The Morgan fingerprint density at radius 1 is 0.857 bits per heavy atom. The van der Waals surface area contributed by atoms with E-state index < -0.39 is 6.92 Å². The molecule has 0 atom stereocenters. The van der Waals surface area contributed by atoms with Crippen LogP contribution in [0.5, 0.6) is 0 Å². The predicted octanol–water partition coefficient (Wildman–Crippen LogP) is 0.180. The Kier molecular flexibility index (Phi) is 2.61. The van der Waals surface area contributed by atoms with Crippen molar-refractivity contribution < 1.29 is 5.02 Å². The van der Waals surface area contributed by atoms with Crippen LogP contribution in [0.25, 0.3) is 0 Å². The van der Waals surface area contributed by atoms with Gasteiger partial charge in [-0.2, -0.15) is 0 Å². The minimum atomic E-state index is -0.556. The van der Waals surface area contributed by atoms with Crippen LogP contribution in [0.15, 0.2) is 54.9 Å². The topological polar surface area (TPSA) is 33.1 Å². The molecule has 0 unspecified atom stereocenters. The van der Waals surface area contributed by atoms with Crippen LogP contribution in [0.2, 0.25) is 0 Å². The molecule has 0 spiro atoms. The highest BCUT2D eigenvalue weighted by molar-refractivity contribution is 6.78. The van der Waals surface area contributed by atoms with Gasteiger partial charge in [0.05, 0.1) is 0 Å². The van der Waals surface area contributed by atoms with Crippen LogP contribution in [-0.4, -0.2) is 16.9 Å². The third-order valence-electron chi connectivity index (χ3n) is 2.14. The minimum Gasteiger partial charge on any atom is -0.443 e. The second kappa shape index (κ2) is 4.07. The van der Waals surface area contributed by atoms with Gasteiger partial charge in [0.1, 0.15) is 0 Å². The van der Waals surface area contributed by atoms with Gasteiger partial charge in [-0.1, -0.05) is 30.3 Å². The first-order valence-corrected chi connectivity index (χ1v) is 4.51. The molecule has 0 bridgehead atoms. The average Bonchev–Trinajstić information content (AvgIpc) is 2.30. The Balaban J connectivity index is 2.30. The van der Waals surface area contributed by atoms with Gasteiger partial charge in [-0.25, -0.2) is 0 Å². The first kappa shape index (κ1) is 8.97. The lowest BCUT2D eigenvalue weighted by Crippen LogP contribution is -2.42. The van der Waals surface area contributed by atoms with Crippen molar-refractivity contribution in [2.75, 3.05) is 0 Å². The molecule has 14 heavy (non-hydrogen) atoms. The van der Waals surface area contributed by atoms with Gasteiger partial charge in [0, 0.05) is 12.4 Å². The fourth-order valence-corrected chi connectivity index (χ4v) is 1.37. The lowest BCUT2D eigenvalue weighted by atomic mass is 9.56. The Bertz CT molecular complexity index is 351. The average molecular weight is 183 g/mol. The van der Waals surface area contributed by atoms with Crippen LogP contribution in [0.3, 0.4) is 0 Å². The molecule has 0 saturated heterocycles. The highest BCUT2D eigenvalue weighted by atomic mass is 16.2. The monoisotopic (exact) mass is 183 g/mol. The molecule has 1 N–H and O–H groups in total. The quantitative estimate of drug-likeness (QED) is 0.673. The van der Waals surface area contributed by atoms with E-state index in [2.05, 4.69) is 4.98 Å². The lowest BCUT2D eigenvalue weighted by molar-refractivity contribution is 0.600. The van der Waals surface area contributed by atoms with Crippen LogP contribution in [0.1, 0.15) is 0 Å². The molecule has 1 aromatic carbocycles. The van der Waals surface area contributed by atoms with Crippen LogP contribution in [0.4, 0.5) is 0 Å². The van der Waals surface area contributed by atoms with Crippen LogP contribution >= 0.6 is 0 Å². The summed E-state index contributed by atoms with van der Waals surface area (Å²) in [6.07, 6.45) is 3.36. The number of pyridine rings is 1. The fourth-order valence-electron chi connectivity index (χ4n) is 1.37. The van der Waals surface area contributed by atoms with Gasteiger partial charge in [-0.15, -0.1) is 0 Å². The molecule has 3 heteroatoms. The predicted molar refractivity (Wildman–Crippen MR) is 57.9 cm³/mol. The zero-order valence-corrected chi connectivity index (χ0v) is 7.67. The summed E-state index contributed by atoms with van der Waals surface area (Å²) in [5.74, 6) is 0. The number of nitrogens with zero attached hydrogens (tertiary/aromatic N) is 1. The van der Waals surface area contributed by atoms with Gasteiger partial charge in [0.15, 0.2) is 0 Å². The van der Waals surface area contributed by atoms with E-state index in [9.17, 15) is 5.02 Å². The smallest absolute Gasteiger partial charge is 0.359 e. The van der Waals surface area contributed by atoms with Crippen molar-refractivity contribution in [2.24, 2.45) is 0 Å². The van der Waals surface area contributed by atoms with Gasteiger partial charge in [0.2, 0.25) is 0 Å². The molecule has 2 aromatic rings. The summed E-state index contributed by atoms with van der Waals surface area (Å²) in [4.78, 5) is 3.91. The first-order chi connectivity index (χ1) is 6.88. The SMILES string of the molecule is OB(c1ccccc1)c1ccncc1. The molecule has 2 nitrogen and oxygen atoms in total. The summed E-state index contributed by atoms with van der Waals surface area (Å²) < 4.78 is 0. The van der Waals surface area contributed by atoms with Crippen molar-refractivity contribution in [3.63, 3.8) is 0 Å². The maximum atomic E-state index is 9.96. The lowest BCUT2D eigenvalue weighted by Gasteiger charge is -2.05. The van der Waals surface area contributed by atoms with E-state index >= 15 is 0 Å². The molecule has 1 heterocycles. The highest BCUT2D eigenvalue weighted by Crippen LogP contribution is 1.87. The standard InChI is InChI=1S/C11H10BNO/c14-12(10-4-2-1-3-5-10)11-6-8-13-9-7-11/h1-9,14H. The molecule has 2 rings (SSSR count). The van der Waals surface area contributed by atoms with E-state index in [1.54, 1.807) is 12.4 Å². The number of aromatic nitrogens is 1. The molecule has 1 aromatic heterocycles. The molecule has 0 aliphatic carbocycles. The van der Waals surface area contributed by atoms with Gasteiger partial charge < -0.3 is 5.02 Å². The Morgan fingerprint density at radius 3 is 2.07 bits per heavy atom. The Hall–Kier alpha value is -1.61. The first-order valence-electron chi connectivity index (χ1n) is 4.51. The van der Waals surface area contributed by atoms with E-state index in [-0.39, 0.29) is 0 Å². The van der Waals surface area contributed by atoms with E-state index in [1.165, 1.54) is 0 Å². The van der Waals surface area contributed by atoms with Crippen molar-refractivity contribution >= 4 is 17.8 Å². The van der Waals surface area contributed by atoms with Crippen molar-refractivity contribution in [3.8, 4) is 0 Å². The summed E-state index contributed by atoms with van der Waals surface area (Å²) in [6, 6.07) is 13.2. The summed E-state index contributed by atoms with van der Waals surface area (Å²) in [7, 11) is 0. The van der Waals surface area contributed by atoms with Gasteiger partial charge in [-0.05, 0) is 23.1 Å². The van der Waals surface area contributed by atoms with Crippen molar-refractivity contribution in [1.29, 1.82) is 0 Å². The summed E-state index contributed by atoms with van der Waals surface area (Å²) in [5, 5.41) is 9.96. The zero-order chi connectivity index (χ0) is 9.80. The second-order valence-electron chi connectivity index (χ2n) is 3.09. The molecule has 0 amide bonds. The molecule has 0 saturated carbocycles. The molecule has 68 valence electrons. The Labute approximate surface area is 83.4 Å². The van der Waals surface area contributed by atoms with Crippen molar-refractivity contribution in [3.05, 3.63) is 54.9 Å². The molecule has 0 aliphatic rings. The van der Waals surface area contributed by atoms with Crippen LogP contribution in [0, 0.1) is 0 Å². The van der Waals surface area contributed by atoms with E-state index in [4.69, 9.17) is 0 Å². The summed E-state index contributed by atoms with van der Waals surface area (Å²) in [6.45, 7) is -0.556. The van der Waals surface area contributed by atoms with E-state index in [0.29, 0.717) is 0 Å². The molecule has 0 aliphatic heterocycles. The highest BCUT2D eigenvalue weighted by Gasteiger charge is 2.15. The van der Waals surface area contributed by atoms with E-state index in [0.717, 1.165) is 10.9 Å². The summed E-state index contributed by atoms with van der Waals surface area (Å²) >= 11 is 0. The van der Waals surface area contributed by atoms with E-state index in [1.807, 2.05) is 42.5 Å². The van der Waals surface area contributed by atoms with Gasteiger partial charge >= 0.3 is 6.92 Å². The fraction of sp³-hybridized carbons (Fsp3) is 0. The molecular formula is C11H10BNO. The third-order valence-corrected chi connectivity index (χ3v) is 2.14. The molecule has 0 fully saturated rings. The Morgan fingerprint density at radius 2 is 1.43 bits per heavy atom. The third kappa shape index (κ3) is 1.83. The molecule has 0 radical (unpaired) electrons. The van der Waals surface area contributed by atoms with Crippen LogP contribution in [-0.2, 0) is 0 Å². The van der Waals surface area contributed by atoms with Gasteiger partial charge in [-0.3, -0.25) is 4.98 Å². The zero-order valence-electron chi connectivity index (χ0n) is 7.67. The second-order valence-corrected chi connectivity index (χ2v) is 3.09. The largest absolute Gasteiger partial charge is 0.443 e.